The van der Waals surface area contributed by atoms with Gasteiger partial charge in [0.15, 0.2) is 15.6 Å². The number of carbonyl (C=O) groups excluding carboxylic acids is 1. The van der Waals surface area contributed by atoms with Crippen molar-refractivity contribution in [3.8, 4) is 0 Å². The number of ketones is 1. The molecule has 108 valence electrons. The Morgan fingerprint density at radius 2 is 1.71 bits per heavy atom. The second-order valence-corrected chi connectivity index (χ2v) is 7.51. The highest BCUT2D eigenvalue weighted by molar-refractivity contribution is 7.92. The molecule has 0 aliphatic rings. The van der Waals surface area contributed by atoms with E-state index in [0.29, 0.717) is 11.1 Å². The maximum absolute atomic E-state index is 12.3. The summed E-state index contributed by atoms with van der Waals surface area (Å²) in [6.45, 7) is 1.41. The van der Waals surface area contributed by atoms with Gasteiger partial charge in [-0.05, 0) is 31.2 Å². The van der Waals surface area contributed by atoms with Gasteiger partial charge in [-0.2, -0.15) is 0 Å². The summed E-state index contributed by atoms with van der Waals surface area (Å²) in [6.07, 6.45) is 1.07. The van der Waals surface area contributed by atoms with E-state index < -0.39 is 20.9 Å². The van der Waals surface area contributed by atoms with Crippen LogP contribution in [0.4, 0.5) is 0 Å². The largest absolute Gasteiger partial charge is 0.456 e. The van der Waals surface area contributed by atoms with Gasteiger partial charge < -0.3 is 4.42 Å². The van der Waals surface area contributed by atoms with E-state index in [9.17, 15) is 13.2 Å². The van der Waals surface area contributed by atoms with E-state index in [1.807, 2.05) is 24.3 Å². The van der Waals surface area contributed by atoms with Gasteiger partial charge in [0.1, 0.15) is 16.4 Å². The fourth-order valence-corrected chi connectivity index (χ4v) is 2.83. The summed E-state index contributed by atoms with van der Waals surface area (Å²) < 4.78 is 28.8. The van der Waals surface area contributed by atoms with E-state index in [1.165, 1.54) is 6.92 Å². The average molecular weight is 302 g/mol. The van der Waals surface area contributed by atoms with Crippen LogP contribution in [0.3, 0.4) is 0 Å². The van der Waals surface area contributed by atoms with Crippen molar-refractivity contribution in [2.45, 2.75) is 12.2 Å². The fraction of sp³-hybridized carbons (Fsp3) is 0.188. The fourth-order valence-electron chi connectivity index (χ4n) is 2.31. The van der Waals surface area contributed by atoms with Crippen molar-refractivity contribution < 1.29 is 17.6 Å². The molecule has 0 spiro atoms. The first-order valence-corrected chi connectivity index (χ1v) is 8.48. The normalized spacial score (nSPS) is 13.6. The van der Waals surface area contributed by atoms with Gasteiger partial charge >= 0.3 is 0 Å². The number of furan rings is 1. The summed E-state index contributed by atoms with van der Waals surface area (Å²) in [5, 5.41) is 0.680. The van der Waals surface area contributed by atoms with Crippen molar-refractivity contribution in [2.75, 3.05) is 6.26 Å². The molecule has 0 amide bonds. The Bertz CT molecular complexity index is 951. The Hall–Kier alpha value is -2.14. The first-order valence-electron chi connectivity index (χ1n) is 6.52. The molecule has 3 rings (SSSR count). The van der Waals surface area contributed by atoms with Gasteiger partial charge in [0.05, 0.1) is 0 Å². The van der Waals surface area contributed by atoms with Crippen LogP contribution in [0.15, 0.2) is 46.9 Å². The molecule has 0 N–H and O–H groups in total. The molecule has 21 heavy (non-hydrogen) atoms. The van der Waals surface area contributed by atoms with Crippen molar-refractivity contribution >= 4 is 37.6 Å². The molecule has 0 radical (unpaired) electrons. The van der Waals surface area contributed by atoms with Crippen molar-refractivity contribution in [1.29, 1.82) is 0 Å². The standard InChI is InChI=1S/C16H14O4S/c1-10(21(2,18)19)16(17)11-7-8-15-13(9-11)12-5-3-4-6-14(12)20-15/h3-10H,1-2H3. The lowest BCUT2D eigenvalue weighted by atomic mass is 10.0. The predicted molar refractivity (Wildman–Crippen MR) is 82.4 cm³/mol. The molecule has 0 bridgehead atoms. The molecule has 0 fully saturated rings. The Morgan fingerprint density at radius 3 is 2.43 bits per heavy atom. The third-order valence-electron chi connectivity index (χ3n) is 3.67. The summed E-state index contributed by atoms with van der Waals surface area (Å²) in [7, 11) is -3.41. The highest BCUT2D eigenvalue weighted by Gasteiger charge is 2.25. The minimum Gasteiger partial charge on any atom is -0.456 e. The van der Waals surface area contributed by atoms with Crippen LogP contribution in [-0.4, -0.2) is 25.7 Å². The molecule has 1 heterocycles. The predicted octanol–water partition coefficient (Wildman–Crippen LogP) is 3.20. The van der Waals surface area contributed by atoms with Crippen LogP contribution >= 0.6 is 0 Å². The zero-order chi connectivity index (χ0) is 15.2. The van der Waals surface area contributed by atoms with Crippen LogP contribution in [0.5, 0.6) is 0 Å². The molecule has 3 aromatic rings. The van der Waals surface area contributed by atoms with Gasteiger partial charge in [-0.15, -0.1) is 0 Å². The molecule has 1 atom stereocenters. The lowest BCUT2D eigenvalue weighted by Gasteiger charge is -2.08. The van der Waals surface area contributed by atoms with Crippen LogP contribution in [0.1, 0.15) is 17.3 Å². The van der Waals surface area contributed by atoms with Gasteiger partial charge in [-0.3, -0.25) is 4.79 Å². The topological polar surface area (TPSA) is 64.3 Å². The molecular formula is C16H14O4S. The number of rotatable bonds is 3. The Balaban J connectivity index is 2.17. The van der Waals surface area contributed by atoms with Crippen LogP contribution in [0, 0.1) is 0 Å². The minimum atomic E-state index is -3.41. The van der Waals surface area contributed by atoms with Crippen molar-refractivity contribution in [1.82, 2.24) is 0 Å². The monoisotopic (exact) mass is 302 g/mol. The Morgan fingerprint density at radius 1 is 1.05 bits per heavy atom. The first kappa shape index (κ1) is 13.8. The zero-order valence-corrected chi connectivity index (χ0v) is 12.5. The quantitative estimate of drug-likeness (QED) is 0.697. The number of benzene rings is 2. The lowest BCUT2D eigenvalue weighted by molar-refractivity contribution is 0.0992. The number of carbonyl (C=O) groups is 1. The molecule has 4 nitrogen and oxygen atoms in total. The van der Waals surface area contributed by atoms with Gasteiger partial charge in [0, 0.05) is 22.6 Å². The summed E-state index contributed by atoms with van der Waals surface area (Å²) in [6, 6.07) is 12.6. The van der Waals surface area contributed by atoms with E-state index >= 15 is 0 Å². The van der Waals surface area contributed by atoms with Crippen LogP contribution in [-0.2, 0) is 9.84 Å². The third-order valence-corrected chi connectivity index (χ3v) is 5.17. The van der Waals surface area contributed by atoms with Crippen molar-refractivity contribution in [2.24, 2.45) is 0 Å². The van der Waals surface area contributed by atoms with Gasteiger partial charge in [0.2, 0.25) is 0 Å². The summed E-state index contributed by atoms with van der Waals surface area (Å²) >= 11 is 0. The maximum Gasteiger partial charge on any atom is 0.180 e. The number of hydrogen-bond donors (Lipinski definition) is 0. The molecule has 5 heteroatoms. The SMILES string of the molecule is CC(C(=O)c1ccc2oc3ccccc3c2c1)S(C)(=O)=O. The Kier molecular flexibility index (Phi) is 3.10. The summed E-state index contributed by atoms with van der Waals surface area (Å²) in [4.78, 5) is 12.3. The van der Waals surface area contributed by atoms with E-state index in [4.69, 9.17) is 4.42 Å². The molecule has 0 saturated carbocycles. The Labute approximate surface area is 122 Å². The second kappa shape index (κ2) is 4.70. The number of para-hydroxylation sites is 1. The zero-order valence-electron chi connectivity index (χ0n) is 11.7. The van der Waals surface area contributed by atoms with E-state index in [0.717, 1.165) is 22.6 Å². The lowest BCUT2D eigenvalue weighted by Crippen LogP contribution is -2.26. The molecule has 1 unspecified atom stereocenters. The molecule has 0 saturated heterocycles. The van der Waals surface area contributed by atoms with Gasteiger partial charge in [-0.1, -0.05) is 18.2 Å². The third kappa shape index (κ3) is 2.34. The molecule has 0 aliphatic heterocycles. The van der Waals surface area contributed by atoms with Crippen molar-refractivity contribution in [3.63, 3.8) is 0 Å². The van der Waals surface area contributed by atoms with Gasteiger partial charge in [0.25, 0.3) is 0 Å². The number of hydrogen-bond acceptors (Lipinski definition) is 4. The highest BCUT2D eigenvalue weighted by Crippen LogP contribution is 2.29. The van der Waals surface area contributed by atoms with E-state index in [1.54, 1.807) is 18.2 Å². The number of sulfone groups is 1. The number of fused-ring (bicyclic) bond motifs is 3. The average Bonchev–Trinajstić information content (AvgIpc) is 2.82. The highest BCUT2D eigenvalue weighted by atomic mass is 32.2. The maximum atomic E-state index is 12.3. The summed E-state index contributed by atoms with van der Waals surface area (Å²) in [5.74, 6) is -0.398. The first-order chi connectivity index (χ1) is 9.88. The molecule has 1 aromatic heterocycles. The molecular weight excluding hydrogens is 288 g/mol. The summed E-state index contributed by atoms with van der Waals surface area (Å²) in [5.41, 5.74) is 1.81. The molecule has 2 aromatic carbocycles. The van der Waals surface area contributed by atoms with Crippen LogP contribution in [0.2, 0.25) is 0 Å². The second-order valence-electron chi connectivity index (χ2n) is 5.15. The van der Waals surface area contributed by atoms with Crippen LogP contribution < -0.4 is 0 Å². The van der Waals surface area contributed by atoms with Gasteiger partial charge in [-0.25, -0.2) is 8.42 Å². The van der Waals surface area contributed by atoms with Crippen molar-refractivity contribution in [3.05, 3.63) is 48.0 Å². The minimum absolute atomic E-state index is 0.381. The number of Topliss-reactive ketones (excluding diaryl/α,β-unsaturated/α-hetero) is 1. The smallest absolute Gasteiger partial charge is 0.180 e. The van der Waals surface area contributed by atoms with E-state index in [-0.39, 0.29) is 0 Å². The van der Waals surface area contributed by atoms with E-state index in [2.05, 4.69) is 0 Å². The molecule has 0 aliphatic carbocycles. The van der Waals surface area contributed by atoms with Crippen LogP contribution in [0.25, 0.3) is 21.9 Å².